The standard InChI is InChI=1S/C21H32N2O/c1-4-17-12-14-18(15-13-17)24-16-10-8-7-9-11-19-20(5-2)22-23-21(19)6-3/h12-15H,4-11,16H2,1-3H3,(H,22,23). The summed E-state index contributed by atoms with van der Waals surface area (Å²) in [4.78, 5) is 0. The Hall–Kier alpha value is -1.77. The molecule has 0 spiro atoms. The lowest BCUT2D eigenvalue weighted by Crippen LogP contribution is -1.98. The van der Waals surface area contributed by atoms with Crippen LogP contribution in [0, 0.1) is 0 Å². The number of hydrogen-bond donors (Lipinski definition) is 1. The monoisotopic (exact) mass is 328 g/mol. The van der Waals surface area contributed by atoms with E-state index in [0.717, 1.165) is 44.5 Å². The molecule has 3 heteroatoms. The van der Waals surface area contributed by atoms with Crippen LogP contribution in [0.1, 0.15) is 69.0 Å². The molecule has 0 saturated carbocycles. The molecule has 2 rings (SSSR count). The number of unbranched alkanes of at least 4 members (excludes halogenated alkanes) is 3. The third kappa shape index (κ3) is 5.40. The first kappa shape index (κ1) is 18.6. The van der Waals surface area contributed by atoms with Crippen molar-refractivity contribution in [2.75, 3.05) is 6.61 Å². The predicted octanol–water partition coefficient (Wildman–Crippen LogP) is 5.28. The summed E-state index contributed by atoms with van der Waals surface area (Å²) in [6.45, 7) is 7.37. The van der Waals surface area contributed by atoms with Gasteiger partial charge in [-0.3, -0.25) is 5.10 Å². The first-order chi connectivity index (χ1) is 11.8. The van der Waals surface area contributed by atoms with Crippen molar-refractivity contribution in [3.05, 3.63) is 46.8 Å². The number of H-pyrrole nitrogens is 1. The number of benzene rings is 1. The number of aromatic amines is 1. The normalized spacial score (nSPS) is 11.0. The van der Waals surface area contributed by atoms with Crippen LogP contribution in [0.25, 0.3) is 0 Å². The highest BCUT2D eigenvalue weighted by Crippen LogP contribution is 2.17. The molecule has 0 saturated heterocycles. The van der Waals surface area contributed by atoms with Gasteiger partial charge in [0.1, 0.15) is 5.75 Å². The molecule has 0 fully saturated rings. The molecule has 0 aliphatic heterocycles. The molecule has 1 aromatic carbocycles. The molecule has 0 unspecified atom stereocenters. The minimum atomic E-state index is 0.817. The first-order valence-electron chi connectivity index (χ1n) is 9.55. The number of rotatable bonds is 11. The van der Waals surface area contributed by atoms with Crippen LogP contribution in [0.5, 0.6) is 5.75 Å². The summed E-state index contributed by atoms with van der Waals surface area (Å²) in [5, 5.41) is 7.63. The maximum atomic E-state index is 5.82. The van der Waals surface area contributed by atoms with Gasteiger partial charge in [-0.05, 0) is 61.8 Å². The molecule has 0 aliphatic carbocycles. The zero-order valence-electron chi connectivity index (χ0n) is 15.5. The molecule has 0 aliphatic rings. The van der Waals surface area contributed by atoms with Gasteiger partial charge in [0, 0.05) is 5.69 Å². The van der Waals surface area contributed by atoms with Crippen molar-refractivity contribution in [1.82, 2.24) is 10.2 Å². The molecular weight excluding hydrogens is 296 g/mol. The molecule has 1 aromatic heterocycles. The van der Waals surface area contributed by atoms with Crippen molar-refractivity contribution in [2.45, 2.75) is 72.1 Å². The van der Waals surface area contributed by atoms with E-state index in [1.54, 1.807) is 0 Å². The highest BCUT2D eigenvalue weighted by Gasteiger charge is 2.09. The lowest BCUT2D eigenvalue weighted by molar-refractivity contribution is 0.304. The fourth-order valence-corrected chi connectivity index (χ4v) is 3.09. The second-order valence-electron chi connectivity index (χ2n) is 6.34. The molecular formula is C21H32N2O. The molecule has 0 bridgehead atoms. The molecule has 0 atom stereocenters. The Morgan fingerprint density at radius 3 is 2.29 bits per heavy atom. The van der Waals surface area contributed by atoms with Crippen molar-refractivity contribution in [1.29, 1.82) is 0 Å². The molecule has 3 nitrogen and oxygen atoms in total. The van der Waals surface area contributed by atoms with Crippen LogP contribution >= 0.6 is 0 Å². The van der Waals surface area contributed by atoms with E-state index >= 15 is 0 Å². The van der Waals surface area contributed by atoms with Crippen molar-refractivity contribution in [2.24, 2.45) is 0 Å². The van der Waals surface area contributed by atoms with Gasteiger partial charge in [0.05, 0.1) is 12.3 Å². The predicted molar refractivity (Wildman–Crippen MR) is 101 cm³/mol. The molecule has 24 heavy (non-hydrogen) atoms. The topological polar surface area (TPSA) is 37.9 Å². The summed E-state index contributed by atoms with van der Waals surface area (Å²) in [5.41, 5.74) is 5.41. The molecule has 132 valence electrons. The Bertz CT molecular complexity index is 565. The summed E-state index contributed by atoms with van der Waals surface area (Å²) in [5.74, 6) is 0.991. The summed E-state index contributed by atoms with van der Waals surface area (Å²) in [6, 6.07) is 8.46. The smallest absolute Gasteiger partial charge is 0.119 e. The number of nitrogens with zero attached hydrogens (tertiary/aromatic N) is 1. The van der Waals surface area contributed by atoms with Crippen LogP contribution in [0.4, 0.5) is 0 Å². The van der Waals surface area contributed by atoms with Gasteiger partial charge in [-0.1, -0.05) is 45.7 Å². The third-order valence-corrected chi connectivity index (χ3v) is 4.65. The van der Waals surface area contributed by atoms with E-state index in [1.165, 1.54) is 41.8 Å². The van der Waals surface area contributed by atoms with E-state index in [4.69, 9.17) is 4.74 Å². The quantitative estimate of drug-likeness (QED) is 0.570. The molecule has 2 aromatic rings. The second kappa shape index (κ2) is 10.2. The minimum absolute atomic E-state index is 0.817. The van der Waals surface area contributed by atoms with Gasteiger partial charge < -0.3 is 4.74 Å². The fourth-order valence-electron chi connectivity index (χ4n) is 3.09. The summed E-state index contributed by atoms with van der Waals surface area (Å²) in [6.07, 6.45) is 9.17. The molecule has 0 amide bonds. The highest BCUT2D eigenvalue weighted by molar-refractivity contribution is 5.27. The Balaban J connectivity index is 1.60. The lowest BCUT2D eigenvalue weighted by atomic mass is 10.0. The van der Waals surface area contributed by atoms with Gasteiger partial charge in [-0.25, -0.2) is 0 Å². The van der Waals surface area contributed by atoms with E-state index in [9.17, 15) is 0 Å². The maximum absolute atomic E-state index is 5.82. The second-order valence-corrected chi connectivity index (χ2v) is 6.34. The SMILES string of the molecule is CCc1ccc(OCCCCCCc2c(CC)n[nH]c2CC)cc1. The average molecular weight is 328 g/mol. The van der Waals surface area contributed by atoms with Gasteiger partial charge >= 0.3 is 0 Å². The average Bonchev–Trinajstić information content (AvgIpc) is 3.03. The van der Waals surface area contributed by atoms with Crippen molar-refractivity contribution in [3.63, 3.8) is 0 Å². The van der Waals surface area contributed by atoms with Crippen molar-refractivity contribution >= 4 is 0 Å². The van der Waals surface area contributed by atoms with Gasteiger partial charge in [0.2, 0.25) is 0 Å². The number of hydrogen-bond acceptors (Lipinski definition) is 2. The maximum Gasteiger partial charge on any atom is 0.119 e. The van der Waals surface area contributed by atoms with E-state index in [1.807, 2.05) is 0 Å². The van der Waals surface area contributed by atoms with Gasteiger partial charge in [-0.2, -0.15) is 5.10 Å². The molecule has 0 radical (unpaired) electrons. The zero-order valence-corrected chi connectivity index (χ0v) is 15.5. The number of aromatic nitrogens is 2. The van der Waals surface area contributed by atoms with Crippen LogP contribution in [-0.2, 0) is 25.7 Å². The number of nitrogens with one attached hydrogen (secondary N) is 1. The van der Waals surface area contributed by atoms with Crippen molar-refractivity contribution < 1.29 is 4.74 Å². The summed E-state index contributed by atoms with van der Waals surface area (Å²) in [7, 11) is 0. The Morgan fingerprint density at radius 1 is 0.875 bits per heavy atom. The Kier molecular flexibility index (Phi) is 7.87. The largest absolute Gasteiger partial charge is 0.494 e. The van der Waals surface area contributed by atoms with Crippen LogP contribution in [0.15, 0.2) is 24.3 Å². The van der Waals surface area contributed by atoms with Gasteiger partial charge in [-0.15, -0.1) is 0 Å². The van der Waals surface area contributed by atoms with E-state index < -0.39 is 0 Å². The zero-order chi connectivity index (χ0) is 17.2. The summed E-state index contributed by atoms with van der Waals surface area (Å²) < 4.78 is 5.82. The number of aryl methyl sites for hydroxylation is 3. The Morgan fingerprint density at radius 2 is 1.62 bits per heavy atom. The summed E-state index contributed by atoms with van der Waals surface area (Å²) >= 11 is 0. The van der Waals surface area contributed by atoms with Crippen molar-refractivity contribution in [3.8, 4) is 5.75 Å². The van der Waals surface area contributed by atoms with Crippen LogP contribution in [0.3, 0.4) is 0 Å². The third-order valence-electron chi connectivity index (χ3n) is 4.65. The van der Waals surface area contributed by atoms with E-state index in [2.05, 4.69) is 55.2 Å². The van der Waals surface area contributed by atoms with Crippen LogP contribution < -0.4 is 4.74 Å². The van der Waals surface area contributed by atoms with E-state index in [-0.39, 0.29) is 0 Å². The fraction of sp³-hybridized carbons (Fsp3) is 0.571. The van der Waals surface area contributed by atoms with Crippen LogP contribution in [0.2, 0.25) is 0 Å². The van der Waals surface area contributed by atoms with Gasteiger partial charge in [0.15, 0.2) is 0 Å². The molecule has 1 heterocycles. The van der Waals surface area contributed by atoms with E-state index in [0.29, 0.717) is 0 Å². The molecule has 1 N–H and O–H groups in total. The first-order valence-corrected chi connectivity index (χ1v) is 9.55. The highest BCUT2D eigenvalue weighted by atomic mass is 16.5. The lowest BCUT2D eigenvalue weighted by Gasteiger charge is -2.07. The minimum Gasteiger partial charge on any atom is -0.494 e. The Labute approximate surface area is 146 Å². The number of ether oxygens (including phenoxy) is 1. The van der Waals surface area contributed by atoms with Gasteiger partial charge in [0.25, 0.3) is 0 Å². The van der Waals surface area contributed by atoms with Crippen LogP contribution in [-0.4, -0.2) is 16.8 Å².